The van der Waals surface area contributed by atoms with Gasteiger partial charge < -0.3 is 9.84 Å². The van der Waals surface area contributed by atoms with Crippen molar-refractivity contribution in [2.75, 3.05) is 7.11 Å². The second-order valence-corrected chi connectivity index (χ2v) is 7.92. The Morgan fingerprint density at radius 1 is 1.11 bits per heavy atom. The maximum absolute atomic E-state index is 10.9. The Bertz CT molecular complexity index is 859. The molecule has 0 radical (unpaired) electrons. The molecule has 0 spiro atoms. The van der Waals surface area contributed by atoms with Crippen LogP contribution in [-0.2, 0) is 0 Å². The molecule has 0 saturated heterocycles. The van der Waals surface area contributed by atoms with Gasteiger partial charge >= 0.3 is 0 Å². The second-order valence-electron chi connectivity index (χ2n) is 7.92. The highest BCUT2D eigenvalue weighted by Crippen LogP contribution is 2.49. The van der Waals surface area contributed by atoms with E-state index in [-0.39, 0.29) is 0 Å². The molecule has 148 valence electrons. The van der Waals surface area contributed by atoms with Gasteiger partial charge in [-0.15, -0.1) is 6.58 Å². The number of rotatable bonds is 4. The molecule has 0 aromatic heterocycles. The topological polar surface area (TPSA) is 29.5 Å². The molecule has 4 rings (SSSR count). The first-order valence-electron chi connectivity index (χ1n) is 10.3. The number of aromatic hydroxyl groups is 1. The van der Waals surface area contributed by atoms with Crippen molar-refractivity contribution in [3.05, 3.63) is 71.8 Å². The number of methoxy groups -OCH3 is 1. The van der Waals surface area contributed by atoms with Crippen LogP contribution in [0, 0.1) is 0 Å². The Labute approximate surface area is 169 Å². The van der Waals surface area contributed by atoms with Gasteiger partial charge in [0.25, 0.3) is 0 Å². The van der Waals surface area contributed by atoms with Crippen LogP contribution in [-0.4, -0.2) is 12.2 Å². The van der Waals surface area contributed by atoms with E-state index in [0.29, 0.717) is 17.6 Å². The Balaban J connectivity index is 0.000000706. The van der Waals surface area contributed by atoms with Crippen LogP contribution in [0.5, 0.6) is 11.5 Å². The lowest BCUT2D eigenvalue weighted by atomic mass is 9.81. The Kier molecular flexibility index (Phi) is 6.61. The van der Waals surface area contributed by atoms with Gasteiger partial charge in [-0.05, 0) is 86.8 Å². The average Bonchev–Trinajstić information content (AvgIpc) is 3.53. The summed E-state index contributed by atoms with van der Waals surface area (Å²) in [6.07, 6.45) is 10.2. The van der Waals surface area contributed by atoms with Crippen LogP contribution in [0.15, 0.2) is 60.7 Å². The maximum atomic E-state index is 10.9. The Hall–Kier alpha value is -2.48. The number of allylic oxidation sites excluding steroid dienone is 3. The standard InChI is InChI=1S/C23H26O2.C3H6/c1-15-5-3-7-18(11-15)23-21(16-9-10-16)13-19(14-22(23)24)17-6-4-8-20(12-17)25-2;1-3-2/h4,6,8,11-14,16,18,24H,3,5,7,9-10H2,1-2H3;3H,1H2,2H3. The van der Waals surface area contributed by atoms with Crippen molar-refractivity contribution in [1.29, 1.82) is 0 Å². The first-order valence-corrected chi connectivity index (χ1v) is 10.3. The van der Waals surface area contributed by atoms with E-state index in [9.17, 15) is 5.11 Å². The zero-order valence-electron chi connectivity index (χ0n) is 17.4. The molecule has 0 bridgehead atoms. The van der Waals surface area contributed by atoms with Gasteiger partial charge in [0.1, 0.15) is 11.5 Å². The molecule has 1 saturated carbocycles. The van der Waals surface area contributed by atoms with Crippen LogP contribution in [0.3, 0.4) is 0 Å². The molecule has 2 aliphatic rings. The highest BCUT2D eigenvalue weighted by Gasteiger charge is 2.31. The minimum absolute atomic E-state index is 0.365. The van der Waals surface area contributed by atoms with Crippen LogP contribution in [0.4, 0.5) is 0 Å². The van der Waals surface area contributed by atoms with Gasteiger partial charge in [-0.25, -0.2) is 0 Å². The van der Waals surface area contributed by atoms with E-state index in [2.05, 4.69) is 31.7 Å². The third kappa shape index (κ3) is 4.67. The summed E-state index contributed by atoms with van der Waals surface area (Å²) in [6, 6.07) is 12.3. The first kappa shape index (κ1) is 20.3. The quantitative estimate of drug-likeness (QED) is 0.565. The summed E-state index contributed by atoms with van der Waals surface area (Å²) in [6.45, 7) is 7.46. The van der Waals surface area contributed by atoms with Gasteiger partial charge in [-0.3, -0.25) is 0 Å². The summed E-state index contributed by atoms with van der Waals surface area (Å²) in [5.41, 5.74) is 6.16. The summed E-state index contributed by atoms with van der Waals surface area (Å²) >= 11 is 0. The van der Waals surface area contributed by atoms with Crippen LogP contribution >= 0.6 is 0 Å². The number of hydrogen-bond acceptors (Lipinski definition) is 2. The molecule has 0 aliphatic heterocycles. The fourth-order valence-corrected chi connectivity index (χ4v) is 4.10. The Morgan fingerprint density at radius 3 is 2.50 bits per heavy atom. The summed E-state index contributed by atoms with van der Waals surface area (Å²) in [5, 5.41) is 10.9. The number of phenols is 1. The molecule has 2 nitrogen and oxygen atoms in total. The molecule has 1 fully saturated rings. The van der Waals surface area contributed by atoms with E-state index in [1.54, 1.807) is 13.2 Å². The molecule has 28 heavy (non-hydrogen) atoms. The van der Waals surface area contributed by atoms with Crippen LogP contribution in [0.25, 0.3) is 11.1 Å². The normalized spacial score (nSPS) is 18.5. The van der Waals surface area contributed by atoms with Crippen LogP contribution in [0.2, 0.25) is 0 Å². The average molecular weight is 377 g/mol. The molecule has 1 N–H and O–H groups in total. The fourth-order valence-electron chi connectivity index (χ4n) is 4.10. The molecule has 2 aliphatic carbocycles. The van der Waals surface area contributed by atoms with E-state index in [1.165, 1.54) is 42.4 Å². The van der Waals surface area contributed by atoms with Crippen molar-refractivity contribution >= 4 is 0 Å². The monoisotopic (exact) mass is 376 g/mol. The summed E-state index contributed by atoms with van der Waals surface area (Å²) in [4.78, 5) is 0. The third-order valence-electron chi connectivity index (χ3n) is 5.55. The predicted octanol–water partition coefficient (Wildman–Crippen LogP) is 7.35. The summed E-state index contributed by atoms with van der Waals surface area (Å²) < 4.78 is 5.36. The minimum Gasteiger partial charge on any atom is -0.508 e. The smallest absolute Gasteiger partial charge is 0.120 e. The van der Waals surface area contributed by atoms with E-state index < -0.39 is 0 Å². The fraction of sp³-hybridized carbons (Fsp3) is 0.385. The predicted molar refractivity (Wildman–Crippen MR) is 118 cm³/mol. The molecule has 0 amide bonds. The summed E-state index contributed by atoms with van der Waals surface area (Å²) in [5.74, 6) is 2.28. The van der Waals surface area contributed by atoms with Gasteiger partial charge in [0.15, 0.2) is 0 Å². The molecule has 0 heterocycles. The summed E-state index contributed by atoms with van der Waals surface area (Å²) in [7, 11) is 1.69. The maximum Gasteiger partial charge on any atom is 0.120 e. The van der Waals surface area contributed by atoms with E-state index in [1.807, 2.05) is 31.2 Å². The van der Waals surface area contributed by atoms with Crippen molar-refractivity contribution in [2.45, 2.75) is 57.8 Å². The van der Waals surface area contributed by atoms with Crippen LogP contribution in [0.1, 0.15) is 68.9 Å². The molecule has 2 heteroatoms. The van der Waals surface area contributed by atoms with Crippen molar-refractivity contribution in [2.24, 2.45) is 0 Å². The molecular weight excluding hydrogens is 344 g/mol. The van der Waals surface area contributed by atoms with Gasteiger partial charge in [0.2, 0.25) is 0 Å². The number of hydrogen-bond donors (Lipinski definition) is 1. The van der Waals surface area contributed by atoms with Gasteiger partial charge in [-0.1, -0.05) is 35.9 Å². The SMILES string of the molecule is C=CC.COc1cccc(-c2cc(O)c(C3C=C(C)CCC3)c(C3CC3)c2)c1. The highest BCUT2D eigenvalue weighted by atomic mass is 16.5. The molecule has 1 atom stereocenters. The molecule has 2 aromatic carbocycles. The lowest BCUT2D eigenvalue weighted by Crippen LogP contribution is -2.06. The molecular formula is C26H32O2. The van der Waals surface area contributed by atoms with E-state index >= 15 is 0 Å². The minimum atomic E-state index is 0.365. The molecule has 2 aromatic rings. The Morgan fingerprint density at radius 2 is 1.86 bits per heavy atom. The van der Waals surface area contributed by atoms with E-state index in [0.717, 1.165) is 23.3 Å². The lowest BCUT2D eigenvalue weighted by molar-refractivity contribution is 0.415. The zero-order valence-corrected chi connectivity index (χ0v) is 17.4. The van der Waals surface area contributed by atoms with Crippen molar-refractivity contribution in [3.8, 4) is 22.6 Å². The van der Waals surface area contributed by atoms with E-state index in [4.69, 9.17) is 4.74 Å². The highest BCUT2D eigenvalue weighted by molar-refractivity contribution is 5.70. The molecule has 1 unspecified atom stereocenters. The first-order chi connectivity index (χ1) is 13.6. The number of ether oxygens (including phenoxy) is 1. The lowest BCUT2D eigenvalue weighted by Gasteiger charge is -2.24. The zero-order chi connectivity index (χ0) is 20.1. The van der Waals surface area contributed by atoms with Crippen LogP contribution < -0.4 is 4.74 Å². The third-order valence-corrected chi connectivity index (χ3v) is 5.55. The van der Waals surface area contributed by atoms with Gasteiger partial charge in [-0.2, -0.15) is 0 Å². The number of benzene rings is 2. The van der Waals surface area contributed by atoms with Crippen molar-refractivity contribution < 1.29 is 9.84 Å². The van der Waals surface area contributed by atoms with Gasteiger partial charge in [0.05, 0.1) is 7.11 Å². The number of phenolic OH excluding ortho intramolecular Hbond substituents is 1. The van der Waals surface area contributed by atoms with Crippen molar-refractivity contribution in [3.63, 3.8) is 0 Å². The largest absolute Gasteiger partial charge is 0.508 e. The van der Waals surface area contributed by atoms with Gasteiger partial charge in [0, 0.05) is 11.5 Å². The second kappa shape index (κ2) is 9.14. The van der Waals surface area contributed by atoms with Crippen molar-refractivity contribution in [1.82, 2.24) is 0 Å².